The van der Waals surface area contributed by atoms with Gasteiger partial charge in [0.2, 0.25) is 5.91 Å². The van der Waals surface area contributed by atoms with Gasteiger partial charge in [0.25, 0.3) is 0 Å². The number of hydrogen-bond donors (Lipinski definition) is 2. The number of aliphatic imine (C=N–C) groups is 1. The molecule has 1 saturated carbocycles. The molecule has 0 aromatic heterocycles. The van der Waals surface area contributed by atoms with Gasteiger partial charge < -0.3 is 20.3 Å². The van der Waals surface area contributed by atoms with Gasteiger partial charge in [-0.2, -0.15) is 0 Å². The minimum absolute atomic E-state index is 0.126. The largest absolute Gasteiger partial charge is 0.378 e. The van der Waals surface area contributed by atoms with Gasteiger partial charge in [0.05, 0.1) is 6.10 Å². The summed E-state index contributed by atoms with van der Waals surface area (Å²) < 4.78 is 6.05. The smallest absolute Gasteiger partial charge is 0.220 e. The molecule has 6 nitrogen and oxygen atoms in total. The van der Waals surface area contributed by atoms with Crippen LogP contribution in [0, 0.1) is 11.3 Å². The maximum absolute atomic E-state index is 11.6. The predicted octanol–water partition coefficient (Wildman–Crippen LogP) is 2.39. The van der Waals surface area contributed by atoms with E-state index in [0.717, 1.165) is 51.3 Å². The number of piperidine rings is 1. The normalized spacial score (nSPS) is 26.3. The Balaban J connectivity index is 1.79. The highest BCUT2D eigenvalue weighted by Gasteiger charge is 2.49. The number of nitrogens with zero attached hydrogens (tertiary/aromatic N) is 2. The van der Waals surface area contributed by atoms with E-state index in [1.807, 2.05) is 7.05 Å². The Labute approximate surface area is 159 Å². The summed E-state index contributed by atoms with van der Waals surface area (Å²) in [4.78, 5) is 18.4. The lowest BCUT2D eigenvalue weighted by Gasteiger charge is -2.52. The monoisotopic (exact) mass is 366 g/mol. The maximum atomic E-state index is 11.6. The standard InChI is InChI=1S/C20H38N4O2/c1-6-7-12-26-17-14-16(20(17,2)3)23-19(22-5)24-10-8-15(9-11-24)13-18(25)21-4/h15-17H,6-14H2,1-5H3,(H,21,25)(H,22,23). The fourth-order valence-electron chi connectivity index (χ4n) is 3.95. The molecular formula is C20H38N4O2. The first-order valence-electron chi connectivity index (χ1n) is 10.2. The number of guanidine groups is 1. The average Bonchev–Trinajstić information content (AvgIpc) is 2.64. The molecule has 0 bridgehead atoms. The molecule has 0 aromatic carbocycles. The lowest BCUT2D eigenvalue weighted by Crippen LogP contribution is -2.64. The van der Waals surface area contributed by atoms with Crippen LogP contribution in [0.3, 0.4) is 0 Å². The zero-order valence-electron chi connectivity index (χ0n) is 17.3. The van der Waals surface area contributed by atoms with Crippen LogP contribution in [0.2, 0.25) is 0 Å². The summed E-state index contributed by atoms with van der Waals surface area (Å²) in [5.41, 5.74) is 0.126. The molecule has 1 amide bonds. The third-order valence-corrected chi connectivity index (χ3v) is 6.18. The highest BCUT2D eigenvalue weighted by molar-refractivity contribution is 5.80. The Morgan fingerprint density at radius 1 is 1.31 bits per heavy atom. The Morgan fingerprint density at radius 2 is 2.00 bits per heavy atom. The minimum atomic E-state index is 0.126. The third kappa shape index (κ3) is 5.12. The molecule has 2 atom stereocenters. The lowest BCUT2D eigenvalue weighted by molar-refractivity contribution is -0.121. The van der Waals surface area contributed by atoms with Crippen molar-refractivity contribution in [1.82, 2.24) is 15.5 Å². The van der Waals surface area contributed by atoms with Crippen LogP contribution in [0.1, 0.15) is 59.3 Å². The van der Waals surface area contributed by atoms with Crippen molar-refractivity contribution < 1.29 is 9.53 Å². The molecule has 150 valence electrons. The van der Waals surface area contributed by atoms with E-state index < -0.39 is 0 Å². The number of hydrogen-bond acceptors (Lipinski definition) is 3. The number of likely N-dealkylation sites (tertiary alicyclic amines) is 1. The first kappa shape index (κ1) is 21.0. The first-order chi connectivity index (χ1) is 12.4. The topological polar surface area (TPSA) is 66.0 Å². The molecule has 1 heterocycles. The molecule has 2 rings (SSSR count). The Morgan fingerprint density at radius 3 is 2.54 bits per heavy atom. The molecule has 1 saturated heterocycles. The van der Waals surface area contributed by atoms with Gasteiger partial charge in [-0.1, -0.05) is 27.2 Å². The van der Waals surface area contributed by atoms with Gasteiger partial charge in [-0.3, -0.25) is 9.79 Å². The van der Waals surface area contributed by atoms with E-state index >= 15 is 0 Å². The van der Waals surface area contributed by atoms with E-state index in [0.29, 0.717) is 24.5 Å². The van der Waals surface area contributed by atoms with Crippen LogP contribution in [0.4, 0.5) is 0 Å². The predicted molar refractivity (Wildman–Crippen MR) is 106 cm³/mol. The Bertz CT molecular complexity index is 484. The molecule has 0 radical (unpaired) electrons. The number of unbranched alkanes of at least 4 members (excludes halogenated alkanes) is 1. The number of nitrogens with one attached hydrogen (secondary N) is 2. The van der Waals surface area contributed by atoms with Crippen LogP contribution in [-0.4, -0.2) is 62.7 Å². The molecule has 2 aliphatic rings. The first-order valence-corrected chi connectivity index (χ1v) is 10.2. The van der Waals surface area contributed by atoms with Gasteiger partial charge in [-0.15, -0.1) is 0 Å². The van der Waals surface area contributed by atoms with Crippen LogP contribution in [0.15, 0.2) is 4.99 Å². The van der Waals surface area contributed by atoms with Gasteiger partial charge in [-0.25, -0.2) is 0 Å². The average molecular weight is 367 g/mol. The van der Waals surface area contributed by atoms with E-state index in [-0.39, 0.29) is 11.3 Å². The van der Waals surface area contributed by atoms with Crippen molar-refractivity contribution in [1.29, 1.82) is 0 Å². The quantitative estimate of drug-likeness (QED) is 0.412. The van der Waals surface area contributed by atoms with Crippen LogP contribution < -0.4 is 10.6 Å². The van der Waals surface area contributed by atoms with Crippen LogP contribution in [0.5, 0.6) is 0 Å². The second kappa shape index (κ2) is 9.58. The maximum Gasteiger partial charge on any atom is 0.220 e. The molecule has 0 aromatic rings. The fourth-order valence-corrected chi connectivity index (χ4v) is 3.95. The highest BCUT2D eigenvalue weighted by atomic mass is 16.5. The number of amides is 1. The molecule has 1 aliphatic heterocycles. The number of carbonyl (C=O) groups excluding carboxylic acids is 1. The fraction of sp³-hybridized carbons (Fsp3) is 0.900. The van der Waals surface area contributed by atoms with Gasteiger partial charge in [0.15, 0.2) is 5.96 Å². The van der Waals surface area contributed by atoms with Crippen molar-refractivity contribution in [2.75, 3.05) is 33.8 Å². The Kier molecular flexibility index (Phi) is 7.74. The summed E-state index contributed by atoms with van der Waals surface area (Å²) in [6.45, 7) is 9.56. The summed E-state index contributed by atoms with van der Waals surface area (Å²) in [5, 5.41) is 6.40. The van der Waals surface area contributed by atoms with Crippen molar-refractivity contribution in [3.8, 4) is 0 Å². The van der Waals surface area contributed by atoms with E-state index in [2.05, 4.69) is 41.3 Å². The van der Waals surface area contributed by atoms with Crippen LogP contribution in [-0.2, 0) is 9.53 Å². The summed E-state index contributed by atoms with van der Waals surface area (Å²) in [7, 11) is 3.57. The van der Waals surface area contributed by atoms with Crippen molar-refractivity contribution in [2.45, 2.75) is 71.4 Å². The number of carbonyl (C=O) groups is 1. The molecule has 2 unspecified atom stereocenters. The second-order valence-electron chi connectivity index (χ2n) is 8.32. The third-order valence-electron chi connectivity index (χ3n) is 6.18. The van der Waals surface area contributed by atoms with E-state index in [1.165, 1.54) is 6.42 Å². The molecular weight excluding hydrogens is 328 g/mol. The van der Waals surface area contributed by atoms with E-state index in [1.54, 1.807) is 7.05 Å². The Hall–Kier alpha value is -1.30. The summed E-state index contributed by atoms with van der Waals surface area (Å²) in [6, 6.07) is 0.399. The highest BCUT2D eigenvalue weighted by Crippen LogP contribution is 2.43. The van der Waals surface area contributed by atoms with Gasteiger partial charge >= 0.3 is 0 Å². The van der Waals surface area contributed by atoms with E-state index in [4.69, 9.17) is 4.74 Å². The summed E-state index contributed by atoms with van der Waals surface area (Å²) >= 11 is 0. The SMILES string of the molecule is CCCCOC1CC(NC(=NC)N2CCC(CC(=O)NC)CC2)C1(C)C. The van der Waals surface area contributed by atoms with Crippen LogP contribution >= 0.6 is 0 Å². The zero-order valence-corrected chi connectivity index (χ0v) is 17.3. The van der Waals surface area contributed by atoms with E-state index in [9.17, 15) is 4.79 Å². The minimum Gasteiger partial charge on any atom is -0.378 e. The molecule has 2 N–H and O–H groups in total. The van der Waals surface area contributed by atoms with Gasteiger partial charge in [0.1, 0.15) is 0 Å². The van der Waals surface area contributed by atoms with Crippen LogP contribution in [0.25, 0.3) is 0 Å². The zero-order chi connectivity index (χ0) is 19.2. The molecule has 6 heteroatoms. The molecule has 1 aliphatic carbocycles. The summed E-state index contributed by atoms with van der Waals surface area (Å²) in [6.07, 6.45) is 6.43. The van der Waals surface area contributed by atoms with Crippen molar-refractivity contribution >= 4 is 11.9 Å². The number of rotatable bonds is 7. The van der Waals surface area contributed by atoms with Gasteiger partial charge in [0, 0.05) is 51.7 Å². The molecule has 2 fully saturated rings. The second-order valence-corrected chi connectivity index (χ2v) is 8.32. The van der Waals surface area contributed by atoms with Crippen molar-refractivity contribution in [3.63, 3.8) is 0 Å². The summed E-state index contributed by atoms with van der Waals surface area (Å²) in [5.74, 6) is 1.63. The number of ether oxygens (including phenoxy) is 1. The molecule has 26 heavy (non-hydrogen) atoms. The van der Waals surface area contributed by atoms with Crippen molar-refractivity contribution in [3.05, 3.63) is 0 Å². The van der Waals surface area contributed by atoms with Gasteiger partial charge in [-0.05, 0) is 31.6 Å². The molecule has 0 spiro atoms. The van der Waals surface area contributed by atoms with Crippen molar-refractivity contribution in [2.24, 2.45) is 16.3 Å². The lowest BCUT2D eigenvalue weighted by atomic mass is 9.64.